The van der Waals surface area contributed by atoms with Gasteiger partial charge in [-0.3, -0.25) is 0 Å². The van der Waals surface area contributed by atoms with Gasteiger partial charge in [0, 0.05) is 6.54 Å². The van der Waals surface area contributed by atoms with E-state index in [1.165, 1.54) is 26.1 Å². The molecule has 0 radical (unpaired) electrons. The van der Waals surface area contributed by atoms with Crippen LogP contribution in [-0.2, 0) is 0 Å². The minimum atomic E-state index is -0.955. The van der Waals surface area contributed by atoms with E-state index in [0.717, 1.165) is 5.54 Å². The molecular weight excluding hydrogens is 198 g/mol. The molecule has 0 bridgehead atoms. The highest BCUT2D eigenvalue weighted by Gasteiger charge is 2.19. The average molecular weight is 227 g/mol. The van der Waals surface area contributed by atoms with E-state index in [4.69, 9.17) is 0 Å². The lowest BCUT2D eigenvalue weighted by atomic mass is 10.3. The van der Waals surface area contributed by atoms with Crippen LogP contribution in [0.15, 0.2) is 12.2 Å². The van der Waals surface area contributed by atoms with Crippen LogP contribution in [0.2, 0.25) is 25.2 Å². The summed E-state index contributed by atoms with van der Waals surface area (Å²) in [5.74, 6) is 0. The SMILES string of the molecule is CCN(CC)CCC=CC(C)[Si](C)(C)C. The molecule has 0 aromatic heterocycles. The lowest BCUT2D eigenvalue weighted by molar-refractivity contribution is 0.310. The van der Waals surface area contributed by atoms with E-state index >= 15 is 0 Å². The van der Waals surface area contributed by atoms with Crippen molar-refractivity contribution in [1.29, 1.82) is 0 Å². The molecule has 1 nitrogen and oxygen atoms in total. The predicted octanol–water partition coefficient (Wildman–Crippen LogP) is 4.00. The fourth-order valence-corrected chi connectivity index (χ4v) is 2.10. The van der Waals surface area contributed by atoms with Crippen molar-refractivity contribution >= 4 is 8.07 Å². The molecule has 0 fully saturated rings. The second-order valence-electron chi connectivity index (χ2n) is 5.40. The fraction of sp³-hybridized carbons (Fsp3) is 0.846. The lowest BCUT2D eigenvalue weighted by Gasteiger charge is -2.22. The number of hydrogen-bond acceptors (Lipinski definition) is 1. The molecular formula is C13H29NSi. The Morgan fingerprint density at radius 1 is 1.13 bits per heavy atom. The summed E-state index contributed by atoms with van der Waals surface area (Å²) in [6, 6.07) is 0. The molecule has 0 saturated carbocycles. The van der Waals surface area contributed by atoms with Gasteiger partial charge in [0.2, 0.25) is 0 Å². The van der Waals surface area contributed by atoms with Gasteiger partial charge in [0.1, 0.15) is 0 Å². The molecule has 15 heavy (non-hydrogen) atoms. The minimum Gasteiger partial charge on any atom is -0.304 e. The zero-order valence-electron chi connectivity index (χ0n) is 11.5. The summed E-state index contributed by atoms with van der Waals surface area (Å²) >= 11 is 0. The summed E-state index contributed by atoms with van der Waals surface area (Å²) in [5.41, 5.74) is 0.800. The number of nitrogens with zero attached hydrogens (tertiary/aromatic N) is 1. The molecule has 0 aliphatic carbocycles. The van der Waals surface area contributed by atoms with Crippen molar-refractivity contribution in [2.75, 3.05) is 19.6 Å². The van der Waals surface area contributed by atoms with Crippen LogP contribution < -0.4 is 0 Å². The quantitative estimate of drug-likeness (QED) is 0.469. The lowest BCUT2D eigenvalue weighted by Crippen LogP contribution is -2.25. The molecule has 0 aromatic carbocycles. The summed E-state index contributed by atoms with van der Waals surface area (Å²) in [6.07, 6.45) is 6.01. The van der Waals surface area contributed by atoms with Gasteiger partial charge in [-0.2, -0.15) is 0 Å². The van der Waals surface area contributed by atoms with Crippen molar-refractivity contribution in [1.82, 2.24) is 4.90 Å². The summed E-state index contributed by atoms with van der Waals surface area (Å²) in [7, 11) is -0.955. The van der Waals surface area contributed by atoms with Crippen molar-refractivity contribution in [3.8, 4) is 0 Å². The fourth-order valence-electron chi connectivity index (χ4n) is 1.39. The van der Waals surface area contributed by atoms with Crippen molar-refractivity contribution in [3.05, 3.63) is 12.2 Å². The molecule has 1 atom stereocenters. The van der Waals surface area contributed by atoms with E-state index in [9.17, 15) is 0 Å². The summed E-state index contributed by atoms with van der Waals surface area (Å²) in [6.45, 7) is 17.7. The molecule has 90 valence electrons. The zero-order valence-corrected chi connectivity index (χ0v) is 12.5. The summed E-state index contributed by atoms with van der Waals surface area (Å²) < 4.78 is 0. The standard InChI is InChI=1S/C13H29NSi/c1-7-14(8-2)12-10-9-11-13(3)15(4,5)6/h9,11,13H,7-8,10,12H2,1-6H3. The Kier molecular flexibility index (Phi) is 7.19. The van der Waals surface area contributed by atoms with Crippen molar-refractivity contribution < 1.29 is 0 Å². The van der Waals surface area contributed by atoms with Gasteiger partial charge in [0.15, 0.2) is 0 Å². The highest BCUT2D eigenvalue weighted by molar-refractivity contribution is 6.77. The van der Waals surface area contributed by atoms with Gasteiger partial charge >= 0.3 is 0 Å². The largest absolute Gasteiger partial charge is 0.304 e. The van der Waals surface area contributed by atoms with Crippen molar-refractivity contribution in [2.24, 2.45) is 0 Å². The zero-order chi connectivity index (χ0) is 11.9. The van der Waals surface area contributed by atoms with E-state index in [0.29, 0.717) is 0 Å². The summed E-state index contributed by atoms with van der Waals surface area (Å²) in [5, 5.41) is 0. The Bertz CT molecular complexity index is 177. The number of allylic oxidation sites excluding steroid dienone is 1. The minimum absolute atomic E-state index is 0.800. The molecule has 0 heterocycles. The van der Waals surface area contributed by atoms with Crippen LogP contribution in [0.1, 0.15) is 27.2 Å². The second-order valence-corrected chi connectivity index (χ2v) is 11.0. The number of rotatable bonds is 7. The van der Waals surface area contributed by atoms with E-state index < -0.39 is 8.07 Å². The first kappa shape index (κ1) is 14.9. The van der Waals surface area contributed by atoms with Crippen LogP contribution in [0.4, 0.5) is 0 Å². The molecule has 0 saturated heterocycles. The Labute approximate surface area is 97.6 Å². The average Bonchev–Trinajstić information content (AvgIpc) is 2.16. The van der Waals surface area contributed by atoms with Crippen LogP contribution in [0.5, 0.6) is 0 Å². The van der Waals surface area contributed by atoms with Gasteiger partial charge in [-0.05, 0) is 25.1 Å². The molecule has 0 spiro atoms. The summed E-state index contributed by atoms with van der Waals surface area (Å²) in [4.78, 5) is 2.48. The van der Waals surface area contributed by atoms with Gasteiger partial charge in [0.05, 0.1) is 8.07 Å². The van der Waals surface area contributed by atoms with Gasteiger partial charge < -0.3 is 4.90 Å². The Balaban J connectivity index is 3.80. The van der Waals surface area contributed by atoms with E-state index in [2.05, 4.69) is 57.5 Å². The monoisotopic (exact) mass is 227 g/mol. The maximum absolute atomic E-state index is 2.48. The molecule has 0 amide bonds. The third-order valence-electron chi connectivity index (χ3n) is 3.30. The molecule has 0 aliphatic heterocycles. The van der Waals surface area contributed by atoms with Gasteiger partial charge in [0.25, 0.3) is 0 Å². The van der Waals surface area contributed by atoms with Crippen LogP contribution >= 0.6 is 0 Å². The van der Waals surface area contributed by atoms with Crippen LogP contribution in [0.25, 0.3) is 0 Å². The third kappa shape index (κ3) is 6.91. The normalized spacial score (nSPS) is 15.1. The van der Waals surface area contributed by atoms with Crippen molar-refractivity contribution in [3.63, 3.8) is 0 Å². The van der Waals surface area contributed by atoms with E-state index in [-0.39, 0.29) is 0 Å². The molecule has 0 N–H and O–H groups in total. The van der Waals surface area contributed by atoms with Gasteiger partial charge in [-0.1, -0.05) is 52.6 Å². The number of hydrogen-bond donors (Lipinski definition) is 0. The Hall–Kier alpha value is -0.0831. The van der Waals surface area contributed by atoms with Crippen LogP contribution in [0.3, 0.4) is 0 Å². The smallest absolute Gasteiger partial charge is 0.0510 e. The van der Waals surface area contributed by atoms with Crippen LogP contribution in [-0.4, -0.2) is 32.6 Å². The van der Waals surface area contributed by atoms with Crippen LogP contribution in [0, 0.1) is 0 Å². The molecule has 1 unspecified atom stereocenters. The molecule has 2 heteroatoms. The first-order valence-corrected chi connectivity index (χ1v) is 9.88. The van der Waals surface area contributed by atoms with E-state index in [1.54, 1.807) is 0 Å². The topological polar surface area (TPSA) is 3.24 Å². The van der Waals surface area contributed by atoms with E-state index in [1.807, 2.05) is 0 Å². The van der Waals surface area contributed by atoms with Gasteiger partial charge in [-0.25, -0.2) is 0 Å². The predicted molar refractivity (Wildman–Crippen MR) is 74.3 cm³/mol. The Morgan fingerprint density at radius 2 is 1.67 bits per heavy atom. The highest BCUT2D eigenvalue weighted by Crippen LogP contribution is 2.22. The maximum Gasteiger partial charge on any atom is 0.0510 e. The van der Waals surface area contributed by atoms with Gasteiger partial charge in [-0.15, -0.1) is 0 Å². The van der Waals surface area contributed by atoms with Crippen molar-refractivity contribution in [2.45, 2.75) is 52.4 Å². The third-order valence-corrected chi connectivity index (χ3v) is 6.22. The molecule has 0 aromatic rings. The highest BCUT2D eigenvalue weighted by atomic mass is 28.3. The first-order valence-electron chi connectivity index (χ1n) is 6.30. The molecule has 0 aliphatic rings. The Morgan fingerprint density at radius 3 is 2.07 bits per heavy atom. The maximum atomic E-state index is 2.48. The first-order chi connectivity index (χ1) is 6.91. The second kappa shape index (κ2) is 7.23. The molecule has 0 rings (SSSR count).